The van der Waals surface area contributed by atoms with Crippen LogP contribution in [0.3, 0.4) is 0 Å². The molecule has 0 bridgehead atoms. The van der Waals surface area contributed by atoms with Crippen LogP contribution in [0, 0.1) is 5.92 Å². The smallest absolute Gasteiger partial charge is 0.182 e. The molecule has 2 heterocycles. The van der Waals surface area contributed by atoms with Crippen LogP contribution in [0.4, 0.5) is 0 Å². The van der Waals surface area contributed by atoms with E-state index >= 15 is 0 Å². The number of aliphatic imine (C=N–C) groups is 1. The van der Waals surface area contributed by atoms with Gasteiger partial charge in [0.15, 0.2) is 7.98 Å². The molecule has 0 aliphatic carbocycles. The molecule has 2 aromatic carbocycles. The molecule has 1 atom stereocenters. The minimum absolute atomic E-state index is 0.317. The number of benzene rings is 2. The van der Waals surface area contributed by atoms with E-state index in [1.54, 1.807) is 0 Å². The third kappa shape index (κ3) is 5.21. The van der Waals surface area contributed by atoms with Crippen LogP contribution >= 0.6 is 0 Å². The fourth-order valence-corrected chi connectivity index (χ4v) is 3.62. The molecule has 5 N–H and O–H groups in total. The molecular weight excluding hydrogens is 375 g/mol. The van der Waals surface area contributed by atoms with Gasteiger partial charge in [0.2, 0.25) is 0 Å². The summed E-state index contributed by atoms with van der Waals surface area (Å²) in [5.41, 5.74) is 17.4. The molecule has 2 aliphatic heterocycles. The normalized spacial score (nSPS) is 20.2. The Morgan fingerprint density at radius 1 is 1.07 bits per heavy atom. The second-order valence-corrected chi connectivity index (χ2v) is 7.62. The molecule has 2 aliphatic rings. The van der Waals surface area contributed by atoms with Crippen molar-refractivity contribution in [2.45, 2.75) is 18.9 Å². The average molecular weight is 402 g/mol. The number of para-hydroxylation sites is 1. The largest absolute Gasteiger partial charge is 0.457 e. The lowest BCUT2D eigenvalue weighted by Gasteiger charge is -2.29. The van der Waals surface area contributed by atoms with Gasteiger partial charge in [0, 0.05) is 18.3 Å². The van der Waals surface area contributed by atoms with Crippen LogP contribution in [0.15, 0.2) is 71.4 Å². The van der Waals surface area contributed by atoms with Crippen molar-refractivity contribution in [2.75, 3.05) is 19.6 Å². The van der Waals surface area contributed by atoms with Gasteiger partial charge in [-0.15, -0.1) is 5.53 Å². The van der Waals surface area contributed by atoms with E-state index in [-0.39, 0.29) is 6.04 Å². The van der Waals surface area contributed by atoms with Crippen molar-refractivity contribution in [3.05, 3.63) is 71.9 Å². The predicted octanol–water partition coefficient (Wildman–Crippen LogP) is 2.17. The van der Waals surface area contributed by atoms with Crippen LogP contribution in [0.5, 0.6) is 11.5 Å². The number of hydrogen-bond acceptors (Lipinski definition) is 6. The Balaban J connectivity index is 1.42. The highest BCUT2D eigenvalue weighted by atomic mass is 16.5. The summed E-state index contributed by atoms with van der Waals surface area (Å²) in [7, 11) is 5.85. The fourth-order valence-electron chi connectivity index (χ4n) is 3.62. The van der Waals surface area contributed by atoms with Crippen molar-refractivity contribution in [1.29, 1.82) is 0 Å². The van der Waals surface area contributed by atoms with Gasteiger partial charge >= 0.3 is 0 Å². The van der Waals surface area contributed by atoms with Crippen molar-refractivity contribution in [2.24, 2.45) is 16.6 Å². The highest BCUT2D eigenvalue weighted by molar-refractivity contribution is 6.04. The summed E-state index contributed by atoms with van der Waals surface area (Å²) in [6, 6.07) is 17.2. The first-order chi connectivity index (χ1) is 14.7. The van der Waals surface area contributed by atoms with Crippen LogP contribution in [0.2, 0.25) is 0 Å². The van der Waals surface area contributed by atoms with Gasteiger partial charge in [-0.25, -0.2) is 0 Å². The number of hydrazine groups is 2. The maximum Gasteiger partial charge on any atom is 0.182 e. The molecule has 8 heteroatoms. The number of hydrogen-bond donors (Lipinski definition) is 4. The standard InChI is InChI=1S/C22H27BN6O/c23-29-12-10-16(11-13-29)14-25-22-20(15-26-28-27-22)21(24)17-6-8-19(9-7-17)30-18-4-2-1-3-5-18/h1-9,15-16,21,26,28H,10-14,24H2,(H,25,27). The second-order valence-electron chi connectivity index (χ2n) is 7.62. The summed E-state index contributed by atoms with van der Waals surface area (Å²) in [6.45, 7) is 2.59. The van der Waals surface area contributed by atoms with Gasteiger partial charge in [-0.2, -0.15) is 0 Å². The zero-order chi connectivity index (χ0) is 20.8. The number of rotatable bonds is 6. The second kappa shape index (κ2) is 9.80. The maximum absolute atomic E-state index is 6.57. The van der Waals surface area contributed by atoms with Crippen molar-refractivity contribution in [1.82, 2.24) is 21.2 Å². The molecule has 2 aromatic rings. The molecule has 154 valence electrons. The minimum atomic E-state index is -0.317. The molecule has 1 unspecified atom stereocenters. The van der Waals surface area contributed by atoms with Crippen LogP contribution in [0.1, 0.15) is 24.4 Å². The first-order valence-electron chi connectivity index (χ1n) is 10.3. The van der Waals surface area contributed by atoms with Crippen LogP contribution < -0.4 is 26.9 Å². The number of amidine groups is 1. The fraction of sp³-hybridized carbons (Fsp3) is 0.318. The third-order valence-corrected chi connectivity index (χ3v) is 5.46. The van der Waals surface area contributed by atoms with E-state index in [9.17, 15) is 0 Å². The molecule has 0 spiro atoms. The van der Waals surface area contributed by atoms with Crippen molar-refractivity contribution in [3.63, 3.8) is 0 Å². The zero-order valence-corrected chi connectivity index (χ0v) is 16.9. The van der Waals surface area contributed by atoms with Crippen molar-refractivity contribution >= 4 is 13.8 Å². The van der Waals surface area contributed by atoms with Gasteiger partial charge in [-0.3, -0.25) is 10.4 Å². The average Bonchev–Trinajstić information content (AvgIpc) is 2.80. The Kier molecular flexibility index (Phi) is 6.68. The summed E-state index contributed by atoms with van der Waals surface area (Å²) in [5.74, 6) is 2.88. The predicted molar refractivity (Wildman–Crippen MR) is 120 cm³/mol. The molecule has 4 rings (SSSR count). The summed E-state index contributed by atoms with van der Waals surface area (Å²) < 4.78 is 5.87. The van der Waals surface area contributed by atoms with E-state index in [0.29, 0.717) is 5.92 Å². The summed E-state index contributed by atoms with van der Waals surface area (Å²) in [5, 5.41) is 0. The highest BCUT2D eigenvalue weighted by Gasteiger charge is 2.21. The Morgan fingerprint density at radius 3 is 2.50 bits per heavy atom. The summed E-state index contributed by atoms with van der Waals surface area (Å²) >= 11 is 0. The lowest BCUT2D eigenvalue weighted by molar-refractivity contribution is 0.288. The van der Waals surface area contributed by atoms with Gasteiger partial charge in [0.25, 0.3) is 0 Å². The highest BCUT2D eigenvalue weighted by Crippen LogP contribution is 2.26. The maximum atomic E-state index is 6.57. The minimum Gasteiger partial charge on any atom is -0.457 e. The molecule has 2 radical (unpaired) electrons. The Bertz CT molecular complexity index is 878. The molecule has 30 heavy (non-hydrogen) atoms. The SMILES string of the molecule is [B]N1CCC(CN=C2NNNC=C2C(N)c2ccc(Oc3ccccc3)cc2)CC1. The number of nitrogens with zero attached hydrogens (tertiary/aromatic N) is 2. The van der Waals surface area contributed by atoms with E-state index in [4.69, 9.17) is 23.4 Å². The molecule has 1 fully saturated rings. The monoisotopic (exact) mass is 402 g/mol. The lowest BCUT2D eigenvalue weighted by Crippen LogP contribution is -2.50. The first-order valence-corrected chi connectivity index (χ1v) is 10.3. The number of ether oxygens (including phenoxy) is 1. The third-order valence-electron chi connectivity index (χ3n) is 5.46. The lowest BCUT2D eigenvalue weighted by atomic mass is 9.95. The Hall–Kier alpha value is -2.81. The van der Waals surface area contributed by atoms with Gasteiger partial charge in [0.05, 0.1) is 6.04 Å². The number of nitrogens with one attached hydrogen (secondary N) is 3. The van der Waals surface area contributed by atoms with E-state index in [2.05, 4.69) is 16.4 Å². The molecule has 0 amide bonds. The van der Waals surface area contributed by atoms with E-state index in [1.165, 1.54) is 0 Å². The number of piperidine rings is 1. The summed E-state index contributed by atoms with van der Waals surface area (Å²) in [6.07, 6.45) is 3.98. The van der Waals surface area contributed by atoms with Gasteiger partial charge in [-0.05, 0) is 61.7 Å². The molecular formula is C22H27BN6O. The quantitative estimate of drug-likeness (QED) is 0.554. The van der Waals surface area contributed by atoms with E-state index in [0.717, 1.165) is 60.9 Å². The van der Waals surface area contributed by atoms with Crippen molar-refractivity contribution in [3.8, 4) is 11.5 Å². The van der Waals surface area contributed by atoms with Crippen LogP contribution in [-0.4, -0.2) is 38.3 Å². The van der Waals surface area contributed by atoms with E-state index in [1.807, 2.05) is 65.6 Å². The van der Waals surface area contributed by atoms with Crippen LogP contribution in [0.25, 0.3) is 0 Å². The Labute approximate surface area is 178 Å². The molecule has 0 saturated carbocycles. The molecule has 1 saturated heterocycles. The molecule has 7 nitrogen and oxygen atoms in total. The van der Waals surface area contributed by atoms with Gasteiger partial charge in [-0.1, -0.05) is 30.3 Å². The van der Waals surface area contributed by atoms with Crippen LogP contribution in [-0.2, 0) is 0 Å². The summed E-state index contributed by atoms with van der Waals surface area (Å²) in [4.78, 5) is 6.68. The molecule has 0 aromatic heterocycles. The van der Waals surface area contributed by atoms with Crippen molar-refractivity contribution < 1.29 is 4.74 Å². The first kappa shape index (κ1) is 20.5. The van der Waals surface area contributed by atoms with Gasteiger partial charge in [0.1, 0.15) is 17.3 Å². The Morgan fingerprint density at radius 2 is 1.77 bits per heavy atom. The topological polar surface area (TPSA) is 86.9 Å². The van der Waals surface area contributed by atoms with E-state index < -0.39 is 0 Å². The number of nitrogens with two attached hydrogens (primary N) is 1. The van der Waals surface area contributed by atoms with Gasteiger partial charge < -0.3 is 20.7 Å². The zero-order valence-electron chi connectivity index (χ0n) is 16.9.